The molecule has 0 fully saturated rings. The van der Waals surface area contributed by atoms with Crippen molar-refractivity contribution >= 4 is 17.6 Å². The van der Waals surface area contributed by atoms with Crippen LogP contribution in [0, 0.1) is 12.8 Å². The van der Waals surface area contributed by atoms with Crippen LogP contribution in [0.25, 0.3) is 0 Å². The van der Waals surface area contributed by atoms with Crippen molar-refractivity contribution in [3.8, 4) is 0 Å². The lowest BCUT2D eigenvalue weighted by molar-refractivity contribution is 0.400. The number of hydrogen-bond acceptors (Lipinski definition) is 6. The van der Waals surface area contributed by atoms with Crippen LogP contribution < -0.4 is 10.6 Å². The predicted octanol–water partition coefficient (Wildman–Crippen LogP) is 2.58. The number of aryl methyl sites for hydroxylation is 1. The minimum atomic E-state index is 0.545. The maximum atomic E-state index is 4.97. The molecule has 0 aliphatic rings. The molecule has 2 N–H and O–H groups in total. The Bertz CT molecular complexity index is 509. The van der Waals surface area contributed by atoms with Crippen molar-refractivity contribution in [1.82, 2.24) is 15.1 Å². The maximum absolute atomic E-state index is 4.97. The summed E-state index contributed by atoms with van der Waals surface area (Å²) < 4.78 is 4.97. The highest BCUT2D eigenvalue weighted by Gasteiger charge is 2.03. The largest absolute Gasteiger partial charge is 0.360 e. The second-order valence-corrected chi connectivity index (χ2v) is 4.49. The lowest BCUT2D eigenvalue weighted by atomic mass is 10.2. The first-order valence-electron chi connectivity index (χ1n) is 5.91. The van der Waals surface area contributed by atoms with E-state index in [-0.39, 0.29) is 0 Å². The van der Waals surface area contributed by atoms with Gasteiger partial charge in [0.2, 0.25) is 5.95 Å². The molecule has 2 aromatic rings. The zero-order valence-corrected chi connectivity index (χ0v) is 10.8. The van der Waals surface area contributed by atoms with E-state index in [0.717, 1.165) is 12.3 Å². The Kier molecular flexibility index (Phi) is 3.76. The van der Waals surface area contributed by atoms with Crippen molar-refractivity contribution < 1.29 is 4.52 Å². The zero-order chi connectivity index (χ0) is 13.0. The van der Waals surface area contributed by atoms with Crippen LogP contribution in [0.15, 0.2) is 22.9 Å². The maximum Gasteiger partial charge on any atom is 0.224 e. The smallest absolute Gasteiger partial charge is 0.224 e. The number of rotatable bonds is 5. The van der Waals surface area contributed by atoms with Gasteiger partial charge in [-0.3, -0.25) is 0 Å². The van der Waals surface area contributed by atoms with E-state index < -0.39 is 0 Å². The molecule has 0 spiro atoms. The molecule has 2 heterocycles. The average molecular weight is 247 g/mol. The molecule has 0 aliphatic heterocycles. The fraction of sp³-hybridized carbons (Fsp3) is 0.417. The molecular formula is C12H17N5O. The molecule has 6 nitrogen and oxygen atoms in total. The van der Waals surface area contributed by atoms with Gasteiger partial charge in [-0.15, -0.1) is 0 Å². The Labute approximate surface area is 106 Å². The van der Waals surface area contributed by atoms with Crippen LogP contribution in [0.2, 0.25) is 0 Å². The highest BCUT2D eigenvalue weighted by molar-refractivity contribution is 5.52. The van der Waals surface area contributed by atoms with Gasteiger partial charge in [0.05, 0.1) is 0 Å². The van der Waals surface area contributed by atoms with Crippen LogP contribution in [0.1, 0.15) is 19.6 Å². The number of nitrogens with one attached hydrogen (secondary N) is 2. The summed E-state index contributed by atoms with van der Waals surface area (Å²) in [7, 11) is 0. The van der Waals surface area contributed by atoms with Crippen molar-refractivity contribution in [3.05, 3.63) is 24.1 Å². The molecule has 0 aliphatic carbocycles. The Hall–Kier alpha value is -2.11. The van der Waals surface area contributed by atoms with Crippen molar-refractivity contribution in [2.75, 3.05) is 17.2 Å². The molecule has 96 valence electrons. The minimum Gasteiger partial charge on any atom is -0.360 e. The molecule has 0 unspecified atom stereocenters. The van der Waals surface area contributed by atoms with E-state index in [2.05, 4.69) is 39.6 Å². The third-order valence-corrected chi connectivity index (χ3v) is 2.21. The van der Waals surface area contributed by atoms with Gasteiger partial charge in [-0.05, 0) is 18.9 Å². The van der Waals surface area contributed by atoms with Gasteiger partial charge in [-0.2, -0.15) is 4.98 Å². The summed E-state index contributed by atoms with van der Waals surface area (Å²) in [5.41, 5.74) is 0. The average Bonchev–Trinajstić information content (AvgIpc) is 2.73. The molecule has 18 heavy (non-hydrogen) atoms. The molecule has 0 atom stereocenters. The third kappa shape index (κ3) is 3.44. The Morgan fingerprint density at radius 2 is 2.17 bits per heavy atom. The van der Waals surface area contributed by atoms with Gasteiger partial charge in [0.1, 0.15) is 11.6 Å². The molecule has 0 radical (unpaired) electrons. The molecule has 0 aromatic carbocycles. The van der Waals surface area contributed by atoms with Gasteiger partial charge in [0.25, 0.3) is 0 Å². The Morgan fingerprint density at radius 1 is 1.33 bits per heavy atom. The predicted molar refractivity (Wildman–Crippen MR) is 69.9 cm³/mol. The van der Waals surface area contributed by atoms with Crippen LogP contribution in [-0.4, -0.2) is 21.7 Å². The van der Waals surface area contributed by atoms with Crippen LogP contribution >= 0.6 is 0 Å². The number of hydrogen-bond donors (Lipinski definition) is 2. The van der Waals surface area contributed by atoms with E-state index in [1.54, 1.807) is 12.3 Å². The summed E-state index contributed by atoms with van der Waals surface area (Å²) in [5.74, 6) is 3.23. The van der Waals surface area contributed by atoms with Crippen LogP contribution in [0.4, 0.5) is 17.6 Å². The summed E-state index contributed by atoms with van der Waals surface area (Å²) in [6.07, 6.45) is 1.70. The van der Waals surface area contributed by atoms with Crippen LogP contribution in [0.3, 0.4) is 0 Å². The fourth-order valence-electron chi connectivity index (χ4n) is 1.37. The van der Waals surface area contributed by atoms with E-state index in [9.17, 15) is 0 Å². The van der Waals surface area contributed by atoms with Crippen molar-refractivity contribution in [3.63, 3.8) is 0 Å². The monoisotopic (exact) mass is 247 g/mol. The van der Waals surface area contributed by atoms with Gasteiger partial charge in [0, 0.05) is 18.8 Å². The topological polar surface area (TPSA) is 75.9 Å². The van der Waals surface area contributed by atoms with E-state index in [4.69, 9.17) is 4.52 Å². The first-order chi connectivity index (χ1) is 8.63. The molecule has 2 rings (SSSR count). The summed E-state index contributed by atoms with van der Waals surface area (Å²) in [6, 6.07) is 3.59. The second-order valence-electron chi connectivity index (χ2n) is 4.49. The molecule has 2 aromatic heterocycles. The second kappa shape index (κ2) is 5.48. The van der Waals surface area contributed by atoms with E-state index in [1.165, 1.54) is 0 Å². The Balaban J connectivity index is 2.02. The standard InChI is InChI=1S/C12H17N5O/c1-8(2)7-14-12-13-5-4-10(16-12)15-11-6-9(3)18-17-11/h4-6,8H,7H2,1-3H3,(H2,13,14,15,16,17). The van der Waals surface area contributed by atoms with Gasteiger partial charge < -0.3 is 15.2 Å². The van der Waals surface area contributed by atoms with Crippen molar-refractivity contribution in [2.24, 2.45) is 5.92 Å². The molecule has 0 bridgehead atoms. The Morgan fingerprint density at radius 3 is 2.83 bits per heavy atom. The van der Waals surface area contributed by atoms with E-state index in [1.807, 2.05) is 13.0 Å². The van der Waals surface area contributed by atoms with Gasteiger partial charge >= 0.3 is 0 Å². The van der Waals surface area contributed by atoms with Gasteiger partial charge in [-0.25, -0.2) is 4.98 Å². The summed E-state index contributed by atoms with van der Waals surface area (Å²) >= 11 is 0. The zero-order valence-electron chi connectivity index (χ0n) is 10.8. The first kappa shape index (κ1) is 12.3. The molecule has 0 saturated carbocycles. The number of anilines is 3. The van der Waals surface area contributed by atoms with Crippen LogP contribution in [-0.2, 0) is 0 Å². The van der Waals surface area contributed by atoms with E-state index in [0.29, 0.717) is 23.5 Å². The van der Waals surface area contributed by atoms with Crippen molar-refractivity contribution in [2.45, 2.75) is 20.8 Å². The summed E-state index contributed by atoms with van der Waals surface area (Å²) in [4.78, 5) is 8.49. The highest BCUT2D eigenvalue weighted by atomic mass is 16.5. The highest BCUT2D eigenvalue weighted by Crippen LogP contribution is 2.14. The van der Waals surface area contributed by atoms with Gasteiger partial charge in [-0.1, -0.05) is 19.0 Å². The SMILES string of the molecule is Cc1cc(Nc2ccnc(NCC(C)C)n2)no1. The fourth-order valence-corrected chi connectivity index (χ4v) is 1.37. The molecule has 0 amide bonds. The molecule has 6 heteroatoms. The third-order valence-electron chi connectivity index (χ3n) is 2.21. The summed E-state index contributed by atoms with van der Waals surface area (Å²) in [5, 5.41) is 10.1. The van der Waals surface area contributed by atoms with Crippen LogP contribution in [0.5, 0.6) is 0 Å². The van der Waals surface area contributed by atoms with Crippen molar-refractivity contribution in [1.29, 1.82) is 0 Å². The minimum absolute atomic E-state index is 0.545. The lowest BCUT2D eigenvalue weighted by Gasteiger charge is -2.08. The van der Waals surface area contributed by atoms with E-state index >= 15 is 0 Å². The quantitative estimate of drug-likeness (QED) is 0.845. The first-order valence-corrected chi connectivity index (χ1v) is 5.91. The van der Waals surface area contributed by atoms with Gasteiger partial charge in [0.15, 0.2) is 5.82 Å². The molecular weight excluding hydrogens is 230 g/mol. The number of aromatic nitrogens is 3. The normalized spacial score (nSPS) is 10.7. The molecule has 0 saturated heterocycles. The number of nitrogens with zero attached hydrogens (tertiary/aromatic N) is 3. The lowest BCUT2D eigenvalue weighted by Crippen LogP contribution is -2.11. The summed E-state index contributed by atoms with van der Waals surface area (Å²) in [6.45, 7) is 6.95.